The summed E-state index contributed by atoms with van der Waals surface area (Å²) >= 11 is 0. The van der Waals surface area contributed by atoms with Gasteiger partial charge in [-0.05, 0) is 116 Å². The molecule has 0 spiro atoms. The number of imidazole rings is 1. The van der Waals surface area contributed by atoms with E-state index >= 15 is 0 Å². The maximum atomic E-state index is 5.47. The predicted molar refractivity (Wildman–Crippen MR) is 215 cm³/mol. The van der Waals surface area contributed by atoms with Crippen LogP contribution >= 0.6 is 0 Å². The summed E-state index contributed by atoms with van der Waals surface area (Å²) < 4.78 is 2.30. The maximum Gasteiger partial charge on any atom is 0.146 e. The molecule has 0 amide bonds. The molecule has 0 unspecified atom stereocenters. The highest BCUT2D eigenvalue weighted by atomic mass is 15.0. The molecule has 3 heterocycles. The number of nitrogens with zero attached hydrogens (tertiary/aromatic N) is 3. The molecule has 0 fully saturated rings. The van der Waals surface area contributed by atoms with E-state index < -0.39 is 0 Å². The first-order valence-corrected chi connectivity index (χ1v) is 17.7. The van der Waals surface area contributed by atoms with Crippen LogP contribution in [0.5, 0.6) is 0 Å². The van der Waals surface area contributed by atoms with E-state index in [4.69, 9.17) is 9.97 Å². The lowest BCUT2D eigenvalue weighted by Crippen LogP contribution is -1.95. The molecule has 0 N–H and O–H groups in total. The van der Waals surface area contributed by atoms with E-state index in [-0.39, 0.29) is 0 Å². The first-order valence-electron chi connectivity index (χ1n) is 17.7. The minimum atomic E-state index is 0.951. The lowest BCUT2D eigenvalue weighted by atomic mass is 9.85. The third-order valence-corrected chi connectivity index (χ3v) is 10.7. The zero-order valence-electron chi connectivity index (χ0n) is 27.8. The van der Waals surface area contributed by atoms with Crippen molar-refractivity contribution in [2.45, 2.75) is 12.8 Å². The Morgan fingerprint density at radius 2 is 1.14 bits per heavy atom. The Morgan fingerprint density at radius 3 is 1.94 bits per heavy atom. The summed E-state index contributed by atoms with van der Waals surface area (Å²) in [5.41, 5.74) is 11.1. The Morgan fingerprint density at radius 1 is 0.451 bits per heavy atom. The molecule has 0 bridgehead atoms. The second-order valence-corrected chi connectivity index (χ2v) is 13.6. The Kier molecular flexibility index (Phi) is 6.08. The Balaban J connectivity index is 1.17. The summed E-state index contributed by atoms with van der Waals surface area (Å²) in [6, 6.07) is 52.6. The monoisotopic (exact) mass is 649 g/mol. The summed E-state index contributed by atoms with van der Waals surface area (Å²) in [5, 5.41) is 11.0. The first-order chi connectivity index (χ1) is 25.3. The van der Waals surface area contributed by atoms with Gasteiger partial charge in [-0.25, -0.2) is 9.97 Å². The van der Waals surface area contributed by atoms with Crippen molar-refractivity contribution < 1.29 is 0 Å². The molecule has 3 aromatic heterocycles. The van der Waals surface area contributed by atoms with Crippen LogP contribution in [-0.2, 0) is 0 Å². The van der Waals surface area contributed by atoms with Gasteiger partial charge < -0.3 is 0 Å². The van der Waals surface area contributed by atoms with Gasteiger partial charge in [-0.15, -0.1) is 0 Å². The van der Waals surface area contributed by atoms with Crippen molar-refractivity contribution in [1.29, 1.82) is 0 Å². The van der Waals surface area contributed by atoms with Gasteiger partial charge in [0.05, 0.1) is 27.9 Å². The van der Waals surface area contributed by atoms with E-state index in [1.54, 1.807) is 0 Å². The second kappa shape index (κ2) is 11.0. The van der Waals surface area contributed by atoms with Gasteiger partial charge in [0.25, 0.3) is 0 Å². The van der Waals surface area contributed by atoms with Crippen molar-refractivity contribution in [1.82, 2.24) is 14.4 Å². The Hall–Kier alpha value is -6.58. The number of benzene rings is 7. The molecule has 7 aromatic carbocycles. The number of hydrogen-bond donors (Lipinski definition) is 0. The second-order valence-electron chi connectivity index (χ2n) is 13.6. The SMILES string of the molecule is C1=CC(c2c3ccccc3cc3c(-c4cccc(-c5ccc6c(c5)c5ccccc5n5c7ccccc7nc65)n4)c4ccccc4cc23)=CCC1. The van der Waals surface area contributed by atoms with Crippen molar-refractivity contribution in [3.05, 3.63) is 169 Å². The Bertz CT molecular complexity index is 3140. The minimum Gasteiger partial charge on any atom is -0.292 e. The summed E-state index contributed by atoms with van der Waals surface area (Å²) in [4.78, 5) is 10.6. The molecule has 10 aromatic rings. The summed E-state index contributed by atoms with van der Waals surface area (Å²) in [6.07, 6.45) is 9.16. The number of rotatable bonds is 3. The number of hydrogen-bond acceptors (Lipinski definition) is 2. The van der Waals surface area contributed by atoms with Gasteiger partial charge in [0.15, 0.2) is 0 Å². The molecule has 1 aliphatic carbocycles. The molecule has 3 nitrogen and oxygen atoms in total. The van der Waals surface area contributed by atoms with Crippen LogP contribution in [0, 0.1) is 0 Å². The molecule has 0 radical (unpaired) electrons. The van der Waals surface area contributed by atoms with Crippen LogP contribution in [0.2, 0.25) is 0 Å². The van der Waals surface area contributed by atoms with E-state index in [0.717, 1.165) is 57.4 Å². The minimum absolute atomic E-state index is 0.951. The summed E-state index contributed by atoms with van der Waals surface area (Å²) in [7, 11) is 0. The largest absolute Gasteiger partial charge is 0.292 e. The molecule has 11 rings (SSSR count). The molecule has 1 aliphatic rings. The Labute approximate surface area is 294 Å². The lowest BCUT2D eigenvalue weighted by Gasteiger charge is -2.19. The molecular formula is C48H31N3. The predicted octanol–water partition coefficient (Wildman–Crippen LogP) is 12.7. The summed E-state index contributed by atoms with van der Waals surface area (Å²) in [6.45, 7) is 0. The standard InChI is InChI=1S/C48H31N3/c1-2-13-30(14-3-1)46-34-17-6-4-15-31(34)28-40-39(46)27-32-16-5-7-18-35(32)47(40)43-22-12-21-41(49-43)33-25-26-37-38(29-33)36-19-8-10-23-44(36)51-45-24-11-9-20-42(45)50-48(37)51/h2,4-29H,1,3H2. The highest BCUT2D eigenvalue weighted by molar-refractivity contribution is 6.20. The number of fused-ring (bicyclic) bond motifs is 11. The number of allylic oxidation sites excluding steroid dienone is 4. The smallest absolute Gasteiger partial charge is 0.146 e. The number of pyridine rings is 2. The third-order valence-electron chi connectivity index (χ3n) is 10.7. The van der Waals surface area contributed by atoms with E-state index in [9.17, 15) is 0 Å². The fraction of sp³-hybridized carbons (Fsp3) is 0.0417. The van der Waals surface area contributed by atoms with Crippen molar-refractivity contribution in [2.75, 3.05) is 0 Å². The van der Waals surface area contributed by atoms with Gasteiger partial charge in [0.1, 0.15) is 5.65 Å². The highest BCUT2D eigenvalue weighted by Gasteiger charge is 2.19. The van der Waals surface area contributed by atoms with Gasteiger partial charge >= 0.3 is 0 Å². The van der Waals surface area contributed by atoms with Crippen LogP contribution in [0.15, 0.2) is 164 Å². The maximum absolute atomic E-state index is 5.47. The molecule has 51 heavy (non-hydrogen) atoms. The number of para-hydroxylation sites is 3. The van der Waals surface area contributed by atoms with Gasteiger partial charge in [0, 0.05) is 21.9 Å². The van der Waals surface area contributed by atoms with Crippen LogP contribution in [0.25, 0.3) is 98.8 Å². The molecular weight excluding hydrogens is 619 g/mol. The molecule has 0 atom stereocenters. The van der Waals surface area contributed by atoms with E-state index in [1.807, 2.05) is 0 Å². The van der Waals surface area contributed by atoms with Gasteiger partial charge in [0.2, 0.25) is 0 Å². The van der Waals surface area contributed by atoms with Crippen molar-refractivity contribution in [3.63, 3.8) is 0 Å². The average Bonchev–Trinajstić information content (AvgIpc) is 3.59. The zero-order valence-corrected chi connectivity index (χ0v) is 27.8. The summed E-state index contributed by atoms with van der Waals surface area (Å²) in [5.74, 6) is 0. The van der Waals surface area contributed by atoms with Gasteiger partial charge in [-0.3, -0.25) is 4.40 Å². The molecule has 238 valence electrons. The quantitative estimate of drug-likeness (QED) is 0.141. The van der Waals surface area contributed by atoms with Crippen LogP contribution in [0.4, 0.5) is 0 Å². The van der Waals surface area contributed by atoms with Crippen LogP contribution < -0.4 is 0 Å². The number of aromatic nitrogens is 3. The van der Waals surface area contributed by atoms with Crippen molar-refractivity contribution >= 4 is 76.2 Å². The van der Waals surface area contributed by atoms with E-state index in [0.29, 0.717) is 0 Å². The van der Waals surface area contributed by atoms with Crippen molar-refractivity contribution in [2.24, 2.45) is 0 Å². The average molecular weight is 650 g/mol. The topological polar surface area (TPSA) is 30.2 Å². The van der Waals surface area contributed by atoms with Gasteiger partial charge in [-0.2, -0.15) is 0 Å². The van der Waals surface area contributed by atoms with Crippen LogP contribution in [-0.4, -0.2) is 14.4 Å². The van der Waals surface area contributed by atoms with Crippen molar-refractivity contribution in [3.8, 4) is 22.5 Å². The van der Waals surface area contributed by atoms with Crippen LogP contribution in [0.1, 0.15) is 18.4 Å². The molecule has 0 aliphatic heterocycles. The fourth-order valence-electron chi connectivity index (χ4n) is 8.46. The normalized spacial score (nSPS) is 13.4. The molecule has 0 saturated carbocycles. The molecule has 0 saturated heterocycles. The first kappa shape index (κ1) is 28.3. The molecule has 3 heteroatoms. The van der Waals surface area contributed by atoms with E-state index in [2.05, 4.69) is 168 Å². The fourth-order valence-corrected chi connectivity index (χ4v) is 8.46. The van der Waals surface area contributed by atoms with Crippen LogP contribution in [0.3, 0.4) is 0 Å². The third kappa shape index (κ3) is 4.25. The highest BCUT2D eigenvalue weighted by Crippen LogP contribution is 2.43. The lowest BCUT2D eigenvalue weighted by molar-refractivity contribution is 1.04. The van der Waals surface area contributed by atoms with E-state index in [1.165, 1.54) is 59.8 Å². The zero-order chi connectivity index (χ0) is 33.5. The van der Waals surface area contributed by atoms with Gasteiger partial charge in [-0.1, -0.05) is 109 Å².